The Labute approximate surface area is 118 Å². The van der Waals surface area contributed by atoms with Gasteiger partial charge in [0.15, 0.2) is 11.5 Å². The zero-order valence-electron chi connectivity index (χ0n) is 12.1. The zero-order valence-corrected chi connectivity index (χ0v) is 12.1. The van der Waals surface area contributed by atoms with Crippen molar-refractivity contribution in [3.8, 4) is 11.5 Å². The number of likely N-dealkylation sites (N-methyl/N-ethyl adjacent to an activating group) is 1. The summed E-state index contributed by atoms with van der Waals surface area (Å²) in [6, 6.07) is 5.01. The van der Waals surface area contributed by atoms with Gasteiger partial charge in [0.25, 0.3) is 0 Å². The number of carboxylic acids is 1. The van der Waals surface area contributed by atoms with Gasteiger partial charge in [-0.2, -0.15) is 0 Å². The van der Waals surface area contributed by atoms with Gasteiger partial charge in [0.05, 0.1) is 0 Å². The number of hydrogen-bond donors (Lipinski definition) is 2. The van der Waals surface area contributed by atoms with Crippen LogP contribution in [0.2, 0.25) is 0 Å². The Bertz CT molecular complexity index is 499. The number of ether oxygens (including phenoxy) is 2. The molecule has 1 aromatic carbocycles. The number of carboxylic acid groups (broad SMARTS) is 1. The van der Waals surface area contributed by atoms with Crippen molar-refractivity contribution in [3.63, 3.8) is 0 Å². The molecule has 0 saturated carbocycles. The van der Waals surface area contributed by atoms with E-state index < -0.39 is 12.0 Å². The Morgan fingerprint density at radius 3 is 2.95 bits per heavy atom. The predicted octanol–water partition coefficient (Wildman–Crippen LogP) is 1.84. The van der Waals surface area contributed by atoms with E-state index in [2.05, 4.69) is 5.32 Å². The summed E-state index contributed by atoms with van der Waals surface area (Å²) in [7, 11) is 0. The number of nitrogens with one attached hydrogen (secondary N) is 1. The summed E-state index contributed by atoms with van der Waals surface area (Å²) in [5.74, 6) is 0.427. The second-order valence-electron chi connectivity index (χ2n) is 5.54. The minimum Gasteiger partial charge on any atom is -0.487 e. The van der Waals surface area contributed by atoms with Crippen molar-refractivity contribution < 1.29 is 19.4 Å². The molecule has 1 aliphatic heterocycles. The van der Waals surface area contributed by atoms with E-state index in [4.69, 9.17) is 14.6 Å². The Hall–Kier alpha value is -1.75. The molecule has 0 spiro atoms. The molecule has 1 unspecified atom stereocenters. The molecule has 0 aliphatic carbocycles. The molecule has 110 valence electrons. The van der Waals surface area contributed by atoms with Crippen molar-refractivity contribution in [1.82, 2.24) is 5.32 Å². The molecule has 2 rings (SSSR count). The minimum atomic E-state index is -0.916. The Morgan fingerprint density at radius 1 is 1.55 bits per heavy atom. The highest BCUT2D eigenvalue weighted by molar-refractivity contribution is 5.73. The SMILES string of the molecule is CCNC(COc1cccc2c1OC(C)(C)C2)C(=O)O. The summed E-state index contributed by atoms with van der Waals surface area (Å²) >= 11 is 0. The molecule has 20 heavy (non-hydrogen) atoms. The van der Waals surface area contributed by atoms with Gasteiger partial charge in [-0.1, -0.05) is 19.1 Å². The molecule has 0 fully saturated rings. The van der Waals surface area contributed by atoms with Crippen molar-refractivity contribution in [2.75, 3.05) is 13.2 Å². The monoisotopic (exact) mass is 279 g/mol. The third-order valence-electron chi connectivity index (χ3n) is 3.21. The molecule has 0 saturated heterocycles. The van der Waals surface area contributed by atoms with Gasteiger partial charge < -0.3 is 19.9 Å². The van der Waals surface area contributed by atoms with Gasteiger partial charge in [0, 0.05) is 12.0 Å². The van der Waals surface area contributed by atoms with Crippen molar-refractivity contribution >= 4 is 5.97 Å². The van der Waals surface area contributed by atoms with E-state index in [0.29, 0.717) is 12.3 Å². The number of rotatable bonds is 6. The molecule has 0 aromatic heterocycles. The van der Waals surface area contributed by atoms with Crippen LogP contribution in [0.15, 0.2) is 18.2 Å². The lowest BCUT2D eigenvalue weighted by molar-refractivity contribution is -0.140. The van der Waals surface area contributed by atoms with Crippen LogP contribution in [-0.2, 0) is 11.2 Å². The maximum Gasteiger partial charge on any atom is 0.324 e. The number of hydrogen-bond acceptors (Lipinski definition) is 4. The highest BCUT2D eigenvalue weighted by Gasteiger charge is 2.32. The van der Waals surface area contributed by atoms with E-state index in [1.807, 2.05) is 39.0 Å². The summed E-state index contributed by atoms with van der Waals surface area (Å²) in [6.45, 7) is 6.56. The minimum absolute atomic E-state index is 0.0728. The highest BCUT2D eigenvalue weighted by Crippen LogP contribution is 2.41. The van der Waals surface area contributed by atoms with E-state index in [1.165, 1.54) is 0 Å². The molecule has 1 heterocycles. The molecule has 1 aliphatic rings. The van der Waals surface area contributed by atoms with Crippen molar-refractivity contribution in [2.45, 2.75) is 38.8 Å². The van der Waals surface area contributed by atoms with Crippen LogP contribution in [-0.4, -0.2) is 35.9 Å². The van der Waals surface area contributed by atoms with Crippen molar-refractivity contribution in [2.24, 2.45) is 0 Å². The topological polar surface area (TPSA) is 67.8 Å². The van der Waals surface area contributed by atoms with E-state index in [1.54, 1.807) is 0 Å². The normalized spacial score (nSPS) is 17.1. The number of aliphatic carboxylic acids is 1. The van der Waals surface area contributed by atoms with Gasteiger partial charge in [-0.25, -0.2) is 0 Å². The fourth-order valence-corrected chi connectivity index (χ4v) is 2.34. The fourth-order valence-electron chi connectivity index (χ4n) is 2.34. The summed E-state index contributed by atoms with van der Waals surface area (Å²) in [5, 5.41) is 12.0. The van der Waals surface area contributed by atoms with E-state index in [9.17, 15) is 4.79 Å². The van der Waals surface area contributed by atoms with E-state index >= 15 is 0 Å². The van der Waals surface area contributed by atoms with Crippen LogP contribution in [0.3, 0.4) is 0 Å². The van der Waals surface area contributed by atoms with Gasteiger partial charge in [0.2, 0.25) is 0 Å². The van der Waals surface area contributed by atoms with Crippen LogP contribution >= 0.6 is 0 Å². The number of fused-ring (bicyclic) bond motifs is 1. The first-order chi connectivity index (χ1) is 9.43. The maximum absolute atomic E-state index is 11.1. The quantitative estimate of drug-likeness (QED) is 0.831. The zero-order chi connectivity index (χ0) is 14.8. The summed E-state index contributed by atoms with van der Waals surface area (Å²) in [5.41, 5.74) is 0.859. The number of benzene rings is 1. The Balaban J connectivity index is 2.08. The van der Waals surface area contributed by atoms with Gasteiger partial charge in [-0.3, -0.25) is 4.79 Å². The first-order valence-corrected chi connectivity index (χ1v) is 6.83. The van der Waals surface area contributed by atoms with Crippen LogP contribution in [0.5, 0.6) is 11.5 Å². The van der Waals surface area contributed by atoms with Crippen LogP contribution in [0, 0.1) is 0 Å². The summed E-state index contributed by atoms with van der Waals surface area (Å²) in [6.07, 6.45) is 0.828. The second-order valence-corrected chi connectivity index (χ2v) is 5.54. The third kappa shape index (κ3) is 3.22. The maximum atomic E-state index is 11.1. The number of para-hydroxylation sites is 1. The largest absolute Gasteiger partial charge is 0.487 e. The molecule has 5 heteroatoms. The molecular formula is C15H21NO4. The molecular weight excluding hydrogens is 258 g/mol. The van der Waals surface area contributed by atoms with Crippen LogP contribution in [0.25, 0.3) is 0 Å². The van der Waals surface area contributed by atoms with Crippen LogP contribution in [0.4, 0.5) is 0 Å². The van der Waals surface area contributed by atoms with E-state index in [0.717, 1.165) is 17.7 Å². The fraction of sp³-hybridized carbons (Fsp3) is 0.533. The molecule has 0 radical (unpaired) electrons. The highest BCUT2D eigenvalue weighted by atomic mass is 16.5. The van der Waals surface area contributed by atoms with Gasteiger partial charge in [0.1, 0.15) is 18.2 Å². The molecule has 5 nitrogen and oxygen atoms in total. The van der Waals surface area contributed by atoms with Gasteiger partial charge in [-0.15, -0.1) is 0 Å². The lowest BCUT2D eigenvalue weighted by atomic mass is 10.0. The van der Waals surface area contributed by atoms with Crippen LogP contribution in [0.1, 0.15) is 26.3 Å². The molecule has 0 bridgehead atoms. The molecule has 1 aromatic rings. The van der Waals surface area contributed by atoms with Crippen LogP contribution < -0.4 is 14.8 Å². The Morgan fingerprint density at radius 2 is 2.30 bits per heavy atom. The third-order valence-corrected chi connectivity index (χ3v) is 3.21. The second kappa shape index (κ2) is 5.71. The van der Waals surface area contributed by atoms with Gasteiger partial charge in [-0.05, 0) is 26.5 Å². The van der Waals surface area contributed by atoms with E-state index in [-0.39, 0.29) is 12.2 Å². The van der Waals surface area contributed by atoms with Crippen molar-refractivity contribution in [3.05, 3.63) is 23.8 Å². The summed E-state index contributed by atoms with van der Waals surface area (Å²) < 4.78 is 11.5. The molecule has 1 atom stereocenters. The average molecular weight is 279 g/mol. The standard InChI is InChI=1S/C15H21NO4/c1-4-16-11(14(17)18)9-19-12-7-5-6-10-8-15(2,3)20-13(10)12/h5-7,11,16H,4,8-9H2,1-3H3,(H,17,18). The van der Waals surface area contributed by atoms with Gasteiger partial charge >= 0.3 is 5.97 Å². The average Bonchev–Trinajstić information content (AvgIpc) is 2.68. The lowest BCUT2D eigenvalue weighted by Gasteiger charge is -2.19. The smallest absolute Gasteiger partial charge is 0.324 e. The Kier molecular flexibility index (Phi) is 4.18. The number of carbonyl (C=O) groups is 1. The molecule has 2 N–H and O–H groups in total. The summed E-state index contributed by atoms with van der Waals surface area (Å²) in [4.78, 5) is 11.1. The predicted molar refractivity (Wildman–Crippen MR) is 75.4 cm³/mol. The molecule has 0 amide bonds. The first-order valence-electron chi connectivity index (χ1n) is 6.83. The lowest BCUT2D eigenvalue weighted by Crippen LogP contribution is -2.41. The first kappa shape index (κ1) is 14.7. The van der Waals surface area contributed by atoms with Crippen molar-refractivity contribution in [1.29, 1.82) is 0 Å².